The third-order valence-electron chi connectivity index (χ3n) is 2.94. The number of hydrogen-bond acceptors (Lipinski definition) is 3. The second-order valence-electron chi connectivity index (χ2n) is 4.31. The third kappa shape index (κ3) is 3.13. The van der Waals surface area contributed by atoms with Crippen LogP contribution in [0.1, 0.15) is 16.5 Å². The molecule has 0 spiro atoms. The van der Waals surface area contributed by atoms with Gasteiger partial charge in [-0.25, -0.2) is 0 Å². The average molecular weight is 326 g/mol. The second kappa shape index (κ2) is 5.87. The summed E-state index contributed by atoms with van der Waals surface area (Å²) >= 11 is 5.12. The Bertz CT molecular complexity index is 509. The number of benzene rings is 1. The molecule has 96 valence electrons. The first-order valence-corrected chi connectivity index (χ1v) is 7.44. The first-order chi connectivity index (χ1) is 8.58. The number of nitrogens with zero attached hydrogens (tertiary/aromatic N) is 1. The molecule has 1 heterocycles. The zero-order valence-corrected chi connectivity index (χ0v) is 12.8. The summed E-state index contributed by atoms with van der Waals surface area (Å²) in [6, 6.07) is 9.89. The Morgan fingerprint density at radius 3 is 2.50 bits per heavy atom. The molecule has 0 aliphatic rings. The van der Waals surface area contributed by atoms with Crippen LogP contribution in [0.3, 0.4) is 0 Å². The lowest BCUT2D eigenvalue weighted by Gasteiger charge is -2.22. The molecule has 1 aromatic carbocycles. The van der Waals surface area contributed by atoms with Gasteiger partial charge in [-0.1, -0.05) is 28.1 Å². The SMILES string of the molecule is Cc1sccc1N(C)C[C@@H](O)c1ccc(Br)cc1. The van der Waals surface area contributed by atoms with Gasteiger partial charge in [-0.15, -0.1) is 11.3 Å². The minimum absolute atomic E-state index is 0.470. The highest BCUT2D eigenvalue weighted by Gasteiger charge is 2.13. The highest BCUT2D eigenvalue weighted by atomic mass is 79.9. The summed E-state index contributed by atoms with van der Waals surface area (Å²) in [4.78, 5) is 3.37. The highest BCUT2D eigenvalue weighted by Crippen LogP contribution is 2.26. The Balaban J connectivity index is 2.05. The van der Waals surface area contributed by atoms with E-state index in [0.717, 1.165) is 10.0 Å². The van der Waals surface area contributed by atoms with E-state index in [1.54, 1.807) is 11.3 Å². The third-order valence-corrected chi connectivity index (χ3v) is 4.31. The molecule has 4 heteroatoms. The monoisotopic (exact) mass is 325 g/mol. The molecular formula is C14H16BrNOS. The summed E-state index contributed by atoms with van der Waals surface area (Å²) in [7, 11) is 2.01. The number of hydrogen-bond donors (Lipinski definition) is 1. The molecule has 1 N–H and O–H groups in total. The fourth-order valence-corrected chi connectivity index (χ4v) is 2.93. The molecule has 0 saturated carbocycles. The van der Waals surface area contributed by atoms with Gasteiger partial charge in [0.25, 0.3) is 0 Å². The van der Waals surface area contributed by atoms with Gasteiger partial charge < -0.3 is 10.0 Å². The summed E-state index contributed by atoms with van der Waals surface area (Å²) in [5.41, 5.74) is 2.13. The van der Waals surface area contributed by atoms with Crippen LogP contribution in [0, 0.1) is 6.92 Å². The summed E-state index contributed by atoms with van der Waals surface area (Å²) in [6.45, 7) is 2.70. The zero-order valence-electron chi connectivity index (χ0n) is 10.4. The molecular weight excluding hydrogens is 310 g/mol. The van der Waals surface area contributed by atoms with Gasteiger partial charge in [0.1, 0.15) is 0 Å². The topological polar surface area (TPSA) is 23.5 Å². The number of aliphatic hydroxyl groups excluding tert-OH is 1. The van der Waals surface area contributed by atoms with Crippen molar-refractivity contribution in [2.24, 2.45) is 0 Å². The molecule has 0 unspecified atom stereocenters. The molecule has 0 saturated heterocycles. The summed E-state index contributed by atoms with van der Waals surface area (Å²) in [5.74, 6) is 0. The molecule has 0 aliphatic carbocycles. The van der Waals surface area contributed by atoms with E-state index in [4.69, 9.17) is 0 Å². The number of aliphatic hydroxyl groups is 1. The lowest BCUT2D eigenvalue weighted by atomic mass is 10.1. The van der Waals surface area contributed by atoms with Crippen LogP contribution in [0.5, 0.6) is 0 Å². The predicted molar refractivity (Wildman–Crippen MR) is 81.4 cm³/mol. The van der Waals surface area contributed by atoms with Crippen molar-refractivity contribution < 1.29 is 5.11 Å². The van der Waals surface area contributed by atoms with Crippen LogP contribution in [0.2, 0.25) is 0 Å². The van der Waals surface area contributed by atoms with Crippen molar-refractivity contribution in [2.75, 3.05) is 18.5 Å². The Morgan fingerprint density at radius 2 is 1.94 bits per heavy atom. The summed E-state index contributed by atoms with van der Waals surface area (Å²) in [5, 5.41) is 12.3. The minimum Gasteiger partial charge on any atom is -0.387 e. The molecule has 18 heavy (non-hydrogen) atoms. The molecule has 1 atom stereocenters. The molecule has 2 rings (SSSR count). The van der Waals surface area contributed by atoms with Gasteiger partial charge in [-0.05, 0) is 36.1 Å². The maximum atomic E-state index is 10.2. The number of halogens is 1. The van der Waals surface area contributed by atoms with Crippen molar-refractivity contribution in [1.82, 2.24) is 0 Å². The quantitative estimate of drug-likeness (QED) is 0.918. The van der Waals surface area contributed by atoms with Crippen LogP contribution in [-0.4, -0.2) is 18.7 Å². The van der Waals surface area contributed by atoms with E-state index < -0.39 is 6.10 Å². The van der Waals surface area contributed by atoms with Crippen LogP contribution in [0.15, 0.2) is 40.2 Å². The normalized spacial score (nSPS) is 12.4. The number of rotatable bonds is 4. The number of aryl methyl sites for hydroxylation is 1. The van der Waals surface area contributed by atoms with Crippen LogP contribution in [0.25, 0.3) is 0 Å². The maximum absolute atomic E-state index is 10.2. The number of thiophene rings is 1. The summed E-state index contributed by atoms with van der Waals surface area (Å²) < 4.78 is 1.03. The van der Waals surface area contributed by atoms with E-state index in [0.29, 0.717) is 6.54 Å². The van der Waals surface area contributed by atoms with Gasteiger partial charge in [0, 0.05) is 22.9 Å². The lowest BCUT2D eigenvalue weighted by Crippen LogP contribution is -2.24. The average Bonchev–Trinajstić information content (AvgIpc) is 2.76. The van der Waals surface area contributed by atoms with Crippen molar-refractivity contribution in [2.45, 2.75) is 13.0 Å². The molecule has 1 aromatic heterocycles. The second-order valence-corrected chi connectivity index (χ2v) is 6.35. The van der Waals surface area contributed by atoms with E-state index in [1.807, 2.05) is 31.3 Å². The van der Waals surface area contributed by atoms with E-state index in [-0.39, 0.29) is 0 Å². The van der Waals surface area contributed by atoms with E-state index >= 15 is 0 Å². The smallest absolute Gasteiger partial charge is 0.0964 e. The van der Waals surface area contributed by atoms with Crippen molar-refractivity contribution in [3.63, 3.8) is 0 Å². The van der Waals surface area contributed by atoms with Gasteiger partial charge in [0.15, 0.2) is 0 Å². The fourth-order valence-electron chi connectivity index (χ4n) is 1.92. The van der Waals surface area contributed by atoms with Crippen LogP contribution in [0.4, 0.5) is 5.69 Å². The Kier molecular flexibility index (Phi) is 4.43. The Morgan fingerprint density at radius 1 is 1.28 bits per heavy atom. The van der Waals surface area contributed by atoms with Crippen LogP contribution < -0.4 is 4.90 Å². The predicted octanol–water partition coefficient (Wildman–Crippen LogP) is 3.99. The van der Waals surface area contributed by atoms with E-state index in [9.17, 15) is 5.11 Å². The van der Waals surface area contributed by atoms with Gasteiger partial charge in [0.05, 0.1) is 11.8 Å². The molecule has 0 amide bonds. The summed E-state index contributed by atoms with van der Waals surface area (Å²) in [6.07, 6.45) is -0.470. The molecule has 0 bridgehead atoms. The largest absolute Gasteiger partial charge is 0.387 e. The molecule has 0 fully saturated rings. The Hall–Kier alpha value is -0.840. The number of likely N-dealkylation sites (N-methyl/N-ethyl adjacent to an activating group) is 1. The van der Waals surface area contributed by atoms with Crippen molar-refractivity contribution in [1.29, 1.82) is 0 Å². The molecule has 0 aliphatic heterocycles. The lowest BCUT2D eigenvalue weighted by molar-refractivity contribution is 0.185. The minimum atomic E-state index is -0.470. The fraction of sp³-hybridized carbons (Fsp3) is 0.286. The molecule has 2 aromatic rings. The van der Waals surface area contributed by atoms with Crippen molar-refractivity contribution >= 4 is 33.0 Å². The van der Waals surface area contributed by atoms with Gasteiger partial charge in [-0.2, -0.15) is 0 Å². The van der Waals surface area contributed by atoms with Gasteiger partial charge in [-0.3, -0.25) is 0 Å². The van der Waals surface area contributed by atoms with E-state index in [1.165, 1.54) is 10.6 Å². The van der Waals surface area contributed by atoms with Crippen molar-refractivity contribution in [3.05, 3.63) is 50.6 Å². The van der Waals surface area contributed by atoms with Crippen LogP contribution in [-0.2, 0) is 0 Å². The standard InChI is InChI=1S/C14H16BrNOS/c1-10-13(7-8-18-10)16(2)9-14(17)11-3-5-12(15)6-4-11/h3-8,14,17H,9H2,1-2H3/t14-/m1/s1. The number of anilines is 1. The van der Waals surface area contributed by atoms with Crippen LogP contribution >= 0.6 is 27.3 Å². The Labute approximate surface area is 120 Å². The molecule has 0 radical (unpaired) electrons. The highest BCUT2D eigenvalue weighted by molar-refractivity contribution is 9.10. The molecule has 2 nitrogen and oxygen atoms in total. The van der Waals surface area contributed by atoms with E-state index in [2.05, 4.69) is 39.2 Å². The first kappa shape index (κ1) is 13.6. The first-order valence-electron chi connectivity index (χ1n) is 5.76. The van der Waals surface area contributed by atoms with Gasteiger partial charge >= 0.3 is 0 Å². The maximum Gasteiger partial charge on any atom is 0.0964 e. The van der Waals surface area contributed by atoms with Crippen molar-refractivity contribution in [3.8, 4) is 0 Å². The zero-order chi connectivity index (χ0) is 13.1. The van der Waals surface area contributed by atoms with Gasteiger partial charge in [0.2, 0.25) is 0 Å².